The maximum Gasteiger partial charge on any atom is 0.232 e. The van der Waals surface area contributed by atoms with E-state index in [-0.39, 0.29) is 11.8 Å². The molecule has 0 spiro atoms. The van der Waals surface area contributed by atoms with Crippen LogP contribution >= 0.6 is 11.3 Å². The third-order valence-corrected chi connectivity index (χ3v) is 5.32. The summed E-state index contributed by atoms with van der Waals surface area (Å²) in [5.74, 6) is -0.341. The second-order valence-corrected chi connectivity index (χ2v) is 7.31. The van der Waals surface area contributed by atoms with E-state index in [0.717, 1.165) is 27.9 Å². The van der Waals surface area contributed by atoms with Crippen molar-refractivity contribution in [3.63, 3.8) is 0 Å². The van der Waals surface area contributed by atoms with Gasteiger partial charge in [-0.3, -0.25) is 9.78 Å². The SMILES string of the molecule is O=C(NCc1ccnc(-c2ccsc2)c1)C(c1ccccc1)c1ccccc1. The fraction of sp³-hybridized carbons (Fsp3) is 0.0833. The number of carbonyl (C=O) groups is 1. The number of thiophene rings is 1. The molecule has 2 aromatic carbocycles. The number of carbonyl (C=O) groups excluding carboxylic acids is 1. The van der Waals surface area contributed by atoms with Crippen molar-refractivity contribution in [2.75, 3.05) is 0 Å². The molecule has 2 heterocycles. The molecule has 138 valence electrons. The van der Waals surface area contributed by atoms with Crippen molar-refractivity contribution in [3.05, 3.63) is 113 Å². The van der Waals surface area contributed by atoms with Crippen molar-refractivity contribution < 1.29 is 4.79 Å². The number of hydrogen-bond donors (Lipinski definition) is 1. The number of rotatable bonds is 6. The van der Waals surface area contributed by atoms with Gasteiger partial charge < -0.3 is 5.32 Å². The first kappa shape index (κ1) is 18.1. The highest BCUT2D eigenvalue weighted by atomic mass is 32.1. The van der Waals surface area contributed by atoms with E-state index in [4.69, 9.17) is 0 Å². The summed E-state index contributed by atoms with van der Waals surface area (Å²) in [7, 11) is 0. The van der Waals surface area contributed by atoms with Crippen LogP contribution in [0.15, 0.2) is 95.8 Å². The lowest BCUT2D eigenvalue weighted by Crippen LogP contribution is -2.29. The summed E-state index contributed by atoms with van der Waals surface area (Å²) in [6, 6.07) is 25.8. The van der Waals surface area contributed by atoms with Gasteiger partial charge in [-0.15, -0.1) is 0 Å². The lowest BCUT2D eigenvalue weighted by atomic mass is 9.90. The maximum atomic E-state index is 13.1. The fourth-order valence-corrected chi connectivity index (χ4v) is 3.88. The van der Waals surface area contributed by atoms with E-state index in [1.165, 1.54) is 0 Å². The number of amides is 1. The molecule has 0 aliphatic carbocycles. The van der Waals surface area contributed by atoms with Gasteiger partial charge in [0, 0.05) is 23.7 Å². The number of hydrogen-bond acceptors (Lipinski definition) is 3. The zero-order valence-corrected chi connectivity index (χ0v) is 16.1. The Bertz CT molecular complexity index is 991. The lowest BCUT2D eigenvalue weighted by molar-refractivity contribution is -0.121. The first-order valence-electron chi connectivity index (χ1n) is 9.16. The smallest absolute Gasteiger partial charge is 0.232 e. The zero-order chi connectivity index (χ0) is 19.2. The molecule has 28 heavy (non-hydrogen) atoms. The molecule has 0 radical (unpaired) electrons. The lowest BCUT2D eigenvalue weighted by Gasteiger charge is -2.18. The molecule has 1 amide bonds. The zero-order valence-electron chi connectivity index (χ0n) is 15.3. The van der Waals surface area contributed by atoms with Gasteiger partial charge in [-0.25, -0.2) is 0 Å². The first-order chi connectivity index (χ1) is 13.8. The Morgan fingerprint density at radius 2 is 1.61 bits per heavy atom. The van der Waals surface area contributed by atoms with Crippen LogP contribution in [0.4, 0.5) is 0 Å². The Hall–Kier alpha value is -3.24. The van der Waals surface area contributed by atoms with E-state index in [9.17, 15) is 4.79 Å². The van der Waals surface area contributed by atoms with E-state index in [1.807, 2.05) is 78.2 Å². The van der Waals surface area contributed by atoms with Crippen LogP contribution in [0.3, 0.4) is 0 Å². The van der Waals surface area contributed by atoms with Crippen LogP contribution in [0.2, 0.25) is 0 Å². The summed E-state index contributed by atoms with van der Waals surface area (Å²) < 4.78 is 0. The molecule has 0 aliphatic heterocycles. The van der Waals surface area contributed by atoms with Crippen LogP contribution in [0.5, 0.6) is 0 Å². The minimum absolute atomic E-state index is 0.00806. The molecule has 0 saturated carbocycles. The first-order valence-corrected chi connectivity index (χ1v) is 10.1. The van der Waals surface area contributed by atoms with Crippen molar-refractivity contribution in [1.82, 2.24) is 10.3 Å². The number of aromatic nitrogens is 1. The molecule has 0 fully saturated rings. The summed E-state index contributed by atoms with van der Waals surface area (Å²) >= 11 is 1.65. The molecular weight excluding hydrogens is 364 g/mol. The van der Waals surface area contributed by atoms with E-state index < -0.39 is 0 Å². The Morgan fingerprint density at radius 3 is 2.21 bits per heavy atom. The van der Waals surface area contributed by atoms with Crippen LogP contribution in [-0.4, -0.2) is 10.9 Å². The summed E-state index contributed by atoms with van der Waals surface area (Å²) in [4.78, 5) is 17.5. The summed E-state index contributed by atoms with van der Waals surface area (Å²) in [5, 5.41) is 7.22. The quantitative estimate of drug-likeness (QED) is 0.493. The third kappa shape index (κ3) is 4.18. The van der Waals surface area contributed by atoms with Gasteiger partial charge >= 0.3 is 0 Å². The van der Waals surface area contributed by atoms with Gasteiger partial charge in [0.2, 0.25) is 5.91 Å². The third-order valence-electron chi connectivity index (χ3n) is 4.64. The Balaban J connectivity index is 1.53. The van der Waals surface area contributed by atoms with E-state index in [2.05, 4.69) is 21.7 Å². The summed E-state index contributed by atoms with van der Waals surface area (Å²) in [5.41, 5.74) is 5.03. The molecule has 0 bridgehead atoms. The molecule has 0 aliphatic rings. The molecule has 2 aromatic heterocycles. The van der Waals surface area contributed by atoms with Crippen LogP contribution in [0.25, 0.3) is 11.3 Å². The Labute approximate surface area is 168 Å². The molecule has 0 atom stereocenters. The molecule has 4 aromatic rings. The van der Waals surface area contributed by atoms with Gasteiger partial charge in [0.25, 0.3) is 0 Å². The molecule has 4 rings (SSSR count). The maximum absolute atomic E-state index is 13.1. The highest BCUT2D eigenvalue weighted by Gasteiger charge is 2.22. The number of pyridine rings is 1. The Morgan fingerprint density at radius 1 is 0.929 bits per heavy atom. The van der Waals surface area contributed by atoms with Gasteiger partial charge in [-0.2, -0.15) is 11.3 Å². The van der Waals surface area contributed by atoms with Gasteiger partial charge in [0.05, 0.1) is 11.6 Å². The van der Waals surface area contributed by atoms with Crippen molar-refractivity contribution >= 4 is 17.2 Å². The van der Waals surface area contributed by atoms with Gasteiger partial charge in [-0.1, -0.05) is 60.7 Å². The predicted molar refractivity (Wildman–Crippen MR) is 114 cm³/mol. The van der Waals surface area contributed by atoms with Crippen LogP contribution < -0.4 is 5.32 Å². The number of nitrogens with one attached hydrogen (secondary N) is 1. The van der Waals surface area contributed by atoms with Gasteiger partial charge in [-0.05, 0) is 40.3 Å². The number of benzene rings is 2. The van der Waals surface area contributed by atoms with Crippen LogP contribution in [0.1, 0.15) is 22.6 Å². The minimum Gasteiger partial charge on any atom is -0.351 e. The standard InChI is InChI=1S/C24H20N2OS/c27-24(23(19-7-3-1-4-8-19)20-9-5-2-6-10-20)26-16-18-11-13-25-22(15-18)21-12-14-28-17-21/h1-15,17,23H,16H2,(H,26,27). The van der Waals surface area contributed by atoms with E-state index >= 15 is 0 Å². The van der Waals surface area contributed by atoms with Crippen LogP contribution in [0, 0.1) is 0 Å². The Kier molecular flexibility index (Phi) is 5.59. The minimum atomic E-state index is -0.333. The second-order valence-electron chi connectivity index (χ2n) is 6.53. The molecule has 3 nitrogen and oxygen atoms in total. The molecule has 4 heteroatoms. The molecule has 1 N–H and O–H groups in total. The van der Waals surface area contributed by atoms with Crippen molar-refractivity contribution in [1.29, 1.82) is 0 Å². The van der Waals surface area contributed by atoms with E-state index in [1.54, 1.807) is 17.5 Å². The van der Waals surface area contributed by atoms with Gasteiger partial charge in [0.15, 0.2) is 0 Å². The fourth-order valence-electron chi connectivity index (χ4n) is 3.23. The molecule has 0 unspecified atom stereocenters. The largest absolute Gasteiger partial charge is 0.351 e. The average Bonchev–Trinajstić information content (AvgIpc) is 3.29. The predicted octanol–water partition coefficient (Wildman–Crippen LogP) is 5.26. The average molecular weight is 385 g/mol. The van der Waals surface area contributed by atoms with Crippen molar-refractivity contribution in [3.8, 4) is 11.3 Å². The van der Waals surface area contributed by atoms with E-state index in [0.29, 0.717) is 6.54 Å². The van der Waals surface area contributed by atoms with Crippen molar-refractivity contribution in [2.45, 2.75) is 12.5 Å². The summed E-state index contributed by atoms with van der Waals surface area (Å²) in [6.07, 6.45) is 1.79. The number of nitrogens with zero attached hydrogens (tertiary/aromatic N) is 1. The second kappa shape index (κ2) is 8.63. The molecule has 0 saturated heterocycles. The van der Waals surface area contributed by atoms with Crippen LogP contribution in [-0.2, 0) is 11.3 Å². The van der Waals surface area contributed by atoms with Crippen molar-refractivity contribution in [2.24, 2.45) is 0 Å². The van der Waals surface area contributed by atoms with Gasteiger partial charge in [0.1, 0.15) is 0 Å². The molecular formula is C24H20N2OS. The highest BCUT2D eigenvalue weighted by molar-refractivity contribution is 7.08. The summed E-state index contributed by atoms with van der Waals surface area (Å²) in [6.45, 7) is 0.467. The monoisotopic (exact) mass is 384 g/mol. The topological polar surface area (TPSA) is 42.0 Å². The normalized spacial score (nSPS) is 10.8. The highest BCUT2D eigenvalue weighted by Crippen LogP contribution is 2.25.